The largest absolute Gasteiger partial charge is 0.389 e. The highest BCUT2D eigenvalue weighted by Crippen LogP contribution is 2.30. The molecule has 2 aromatic carbocycles. The first-order valence-electron chi connectivity index (χ1n) is 7.86. The van der Waals surface area contributed by atoms with Crippen LogP contribution in [0.3, 0.4) is 0 Å². The molecule has 0 aliphatic rings. The molecule has 1 radical (unpaired) electrons. The van der Waals surface area contributed by atoms with E-state index in [1.54, 1.807) is 6.20 Å². The second kappa shape index (κ2) is 5.62. The molecule has 3 rings (SSSR count). The van der Waals surface area contributed by atoms with E-state index < -0.39 is 13.3 Å². The van der Waals surface area contributed by atoms with Gasteiger partial charge in [-0.3, -0.25) is 4.68 Å². The third kappa shape index (κ3) is 3.09. The molecule has 119 valence electrons. The molecule has 0 spiro atoms. The summed E-state index contributed by atoms with van der Waals surface area (Å²) in [6.07, 6.45) is 3.66. The summed E-state index contributed by atoms with van der Waals surface area (Å²) in [5.74, 6) is 0. The number of hydrogen-bond donors (Lipinski definition) is 1. The third-order valence-corrected chi connectivity index (χ3v) is 7.28. The molecule has 1 unspecified atom stereocenters. The van der Waals surface area contributed by atoms with Crippen molar-refractivity contribution in [3.8, 4) is 0 Å². The van der Waals surface area contributed by atoms with Crippen LogP contribution in [-0.4, -0.2) is 23.0 Å². The summed E-state index contributed by atoms with van der Waals surface area (Å²) >= 11 is 0. The van der Waals surface area contributed by atoms with Gasteiger partial charge in [-0.15, -0.1) is 0 Å². The Kier molecular flexibility index (Phi) is 3.90. The van der Waals surface area contributed by atoms with Crippen LogP contribution < -0.4 is 0 Å². The predicted molar refractivity (Wildman–Crippen MR) is 97.9 cm³/mol. The zero-order valence-corrected chi connectivity index (χ0v) is 15.0. The van der Waals surface area contributed by atoms with Gasteiger partial charge < -0.3 is 5.11 Å². The van der Waals surface area contributed by atoms with Gasteiger partial charge in [0.1, 0.15) is 0 Å². The number of fused-ring (bicyclic) bond motifs is 1. The molecule has 4 heteroatoms. The normalized spacial score (nSPS) is 14.8. The highest BCUT2D eigenvalue weighted by Gasteiger charge is 2.39. The number of aromatic nitrogens is 2. The first-order chi connectivity index (χ1) is 10.8. The van der Waals surface area contributed by atoms with E-state index in [-0.39, 0.29) is 0 Å². The number of hydrogen-bond acceptors (Lipinski definition) is 2. The average Bonchev–Trinajstić information content (AvgIpc) is 2.95. The Bertz CT molecular complexity index is 831. The maximum Gasteiger partial charge on any atom is 0.0879 e. The van der Waals surface area contributed by atoms with E-state index in [4.69, 9.17) is 0 Å². The molecule has 0 aliphatic carbocycles. The van der Waals surface area contributed by atoms with Crippen LogP contribution in [0.1, 0.15) is 11.1 Å². The summed E-state index contributed by atoms with van der Waals surface area (Å²) < 4.78 is 1.87. The summed E-state index contributed by atoms with van der Waals surface area (Å²) in [7, 11) is -1.85. The molecule has 1 atom stereocenters. The molecule has 3 aromatic rings. The lowest BCUT2D eigenvalue weighted by atomic mass is 10.1. The van der Waals surface area contributed by atoms with Crippen molar-refractivity contribution in [2.24, 2.45) is 0 Å². The Morgan fingerprint density at radius 3 is 2.52 bits per heavy atom. The molecule has 0 amide bonds. The zero-order chi connectivity index (χ0) is 16.7. The maximum absolute atomic E-state index is 10.7. The fraction of sp³-hybridized carbons (Fsp3) is 0.263. The first-order valence-corrected chi connectivity index (χ1v) is 11.4. The predicted octanol–water partition coefficient (Wildman–Crippen LogP) is 3.98. The highest BCUT2D eigenvalue weighted by atomic mass is 28.3. The number of nitrogens with zero attached hydrogens (tertiary/aromatic N) is 2. The van der Waals surface area contributed by atoms with E-state index in [1.165, 1.54) is 16.3 Å². The van der Waals surface area contributed by atoms with Crippen molar-refractivity contribution in [2.45, 2.75) is 31.4 Å². The smallest absolute Gasteiger partial charge is 0.0879 e. The van der Waals surface area contributed by atoms with Gasteiger partial charge in [0.25, 0.3) is 0 Å². The van der Waals surface area contributed by atoms with Crippen molar-refractivity contribution < 1.29 is 5.11 Å². The van der Waals surface area contributed by atoms with Gasteiger partial charge in [0.05, 0.1) is 26.0 Å². The van der Waals surface area contributed by atoms with Crippen LogP contribution in [0.25, 0.3) is 10.8 Å². The summed E-state index contributed by atoms with van der Waals surface area (Å²) in [4.78, 5) is 0. The van der Waals surface area contributed by atoms with Crippen molar-refractivity contribution in [1.82, 2.24) is 9.78 Å². The van der Waals surface area contributed by atoms with Gasteiger partial charge in [0.2, 0.25) is 0 Å². The van der Waals surface area contributed by atoms with Gasteiger partial charge >= 0.3 is 0 Å². The molecule has 0 fully saturated rings. The Morgan fingerprint density at radius 1 is 1.13 bits per heavy atom. The van der Waals surface area contributed by atoms with Gasteiger partial charge in [0.15, 0.2) is 0 Å². The van der Waals surface area contributed by atoms with Crippen molar-refractivity contribution in [3.63, 3.8) is 0 Å². The summed E-state index contributed by atoms with van der Waals surface area (Å²) in [6.45, 7) is 11.1. The number of aliphatic hydroxyl groups is 1. The highest BCUT2D eigenvalue weighted by molar-refractivity contribution is 6.78. The maximum atomic E-state index is 10.7. The SMILES string of the molecule is [CH2]C(O)(c1cnn(Cc2ccc3ccccc3c2)c1)[Si](C)(C)C. The van der Waals surface area contributed by atoms with Crippen molar-refractivity contribution in [1.29, 1.82) is 0 Å². The molecular formula is C19H23N2OSi. The van der Waals surface area contributed by atoms with Crippen LogP contribution in [0.5, 0.6) is 0 Å². The lowest BCUT2D eigenvalue weighted by Gasteiger charge is -2.34. The van der Waals surface area contributed by atoms with Gasteiger partial charge in [-0.1, -0.05) is 56.0 Å². The van der Waals surface area contributed by atoms with Crippen molar-refractivity contribution in [3.05, 3.63) is 72.9 Å². The van der Waals surface area contributed by atoms with Crippen molar-refractivity contribution in [2.75, 3.05) is 0 Å². The lowest BCUT2D eigenvalue weighted by molar-refractivity contribution is 0.164. The second-order valence-electron chi connectivity index (χ2n) is 7.22. The molecule has 1 aromatic heterocycles. The molecule has 3 nitrogen and oxygen atoms in total. The Labute approximate surface area is 138 Å². The molecule has 0 saturated carbocycles. The zero-order valence-electron chi connectivity index (χ0n) is 14.0. The molecule has 1 heterocycles. The fourth-order valence-corrected chi connectivity index (χ4v) is 3.62. The molecule has 23 heavy (non-hydrogen) atoms. The second-order valence-corrected chi connectivity index (χ2v) is 12.5. The minimum absolute atomic E-state index is 0.687. The van der Waals surface area contributed by atoms with Crippen LogP contribution in [0.15, 0.2) is 54.9 Å². The van der Waals surface area contributed by atoms with Gasteiger partial charge in [-0.2, -0.15) is 5.10 Å². The molecule has 1 N–H and O–H groups in total. The molecular weight excluding hydrogens is 300 g/mol. The average molecular weight is 323 g/mol. The van der Waals surface area contributed by atoms with E-state index in [9.17, 15) is 5.11 Å². The Hall–Kier alpha value is -1.91. The van der Waals surface area contributed by atoms with Crippen LogP contribution in [0, 0.1) is 6.92 Å². The third-order valence-electron chi connectivity index (χ3n) is 4.51. The van der Waals surface area contributed by atoms with E-state index in [2.05, 4.69) is 68.1 Å². The van der Waals surface area contributed by atoms with Crippen LogP contribution in [0.4, 0.5) is 0 Å². The van der Waals surface area contributed by atoms with Gasteiger partial charge in [-0.25, -0.2) is 0 Å². The molecule has 0 bridgehead atoms. The van der Waals surface area contributed by atoms with E-state index >= 15 is 0 Å². The molecule has 0 saturated heterocycles. The fourth-order valence-electron chi connectivity index (χ4n) is 2.62. The minimum Gasteiger partial charge on any atom is -0.389 e. The summed E-state index contributed by atoms with van der Waals surface area (Å²) in [6, 6.07) is 14.8. The lowest BCUT2D eigenvalue weighted by Crippen LogP contribution is -2.47. The van der Waals surface area contributed by atoms with Crippen LogP contribution in [-0.2, 0) is 11.8 Å². The summed E-state index contributed by atoms with van der Waals surface area (Å²) in [5, 5.41) is 16.6. The first kappa shape index (κ1) is 16.0. The van der Waals surface area contributed by atoms with Gasteiger partial charge in [-0.05, 0) is 29.3 Å². The summed E-state index contributed by atoms with van der Waals surface area (Å²) in [5.41, 5.74) is 2.00. The quantitative estimate of drug-likeness (QED) is 0.737. The monoisotopic (exact) mass is 323 g/mol. The standard InChI is InChI=1S/C19H23N2OSi/c1-19(22,23(2,3)4)18-12-20-21(14-18)13-15-9-10-16-7-5-6-8-17(16)11-15/h5-12,14,22H,1,13H2,2-4H3. The van der Waals surface area contributed by atoms with Gasteiger partial charge in [0, 0.05) is 11.8 Å². The Balaban J connectivity index is 1.86. The number of benzene rings is 2. The topological polar surface area (TPSA) is 38.1 Å². The van der Waals surface area contributed by atoms with E-state index in [1.807, 2.05) is 16.9 Å². The Morgan fingerprint density at radius 2 is 1.83 bits per heavy atom. The van der Waals surface area contributed by atoms with Crippen LogP contribution in [0.2, 0.25) is 19.6 Å². The minimum atomic E-state index is -1.85. The van der Waals surface area contributed by atoms with Crippen LogP contribution >= 0.6 is 0 Å². The van der Waals surface area contributed by atoms with E-state index in [0.29, 0.717) is 6.54 Å². The number of rotatable bonds is 4. The van der Waals surface area contributed by atoms with Crippen molar-refractivity contribution >= 4 is 18.8 Å². The molecule has 0 aliphatic heterocycles. The van der Waals surface area contributed by atoms with E-state index in [0.717, 1.165) is 5.56 Å².